The fourth-order valence-electron chi connectivity index (χ4n) is 1.76. The topological polar surface area (TPSA) is 52.0 Å². The van der Waals surface area contributed by atoms with Crippen LogP contribution in [-0.4, -0.2) is 4.98 Å². The number of nitrogens with zero attached hydrogens (tertiary/aromatic N) is 1. The number of anilines is 1. The lowest BCUT2D eigenvalue weighted by Crippen LogP contribution is -1.91. The van der Waals surface area contributed by atoms with Crippen molar-refractivity contribution in [3.63, 3.8) is 0 Å². The van der Waals surface area contributed by atoms with Crippen molar-refractivity contribution in [2.45, 2.75) is 0 Å². The quantitative estimate of drug-likeness (QED) is 0.677. The molecule has 3 rings (SSSR count). The zero-order valence-corrected chi connectivity index (χ0v) is 9.91. The second-order valence-corrected chi connectivity index (χ2v) is 4.25. The van der Waals surface area contributed by atoms with Gasteiger partial charge in [-0.25, -0.2) is 9.37 Å². The lowest BCUT2D eigenvalue weighted by atomic mass is 10.2. The van der Waals surface area contributed by atoms with E-state index >= 15 is 0 Å². The summed E-state index contributed by atoms with van der Waals surface area (Å²) >= 11 is 6.00. The zero-order chi connectivity index (χ0) is 12.7. The number of hydrogen-bond donors (Lipinski definition) is 1. The molecular formula is C13H8ClFN2O. The van der Waals surface area contributed by atoms with Crippen LogP contribution in [0, 0.1) is 5.82 Å². The number of aromatic nitrogens is 1. The highest BCUT2D eigenvalue weighted by Gasteiger charge is 2.13. The van der Waals surface area contributed by atoms with Gasteiger partial charge < -0.3 is 10.2 Å². The van der Waals surface area contributed by atoms with Crippen LogP contribution in [-0.2, 0) is 0 Å². The molecule has 2 aromatic carbocycles. The van der Waals surface area contributed by atoms with E-state index in [4.69, 9.17) is 21.8 Å². The summed E-state index contributed by atoms with van der Waals surface area (Å²) in [7, 11) is 0. The maximum atomic E-state index is 13.0. The van der Waals surface area contributed by atoms with Gasteiger partial charge in [0.1, 0.15) is 11.3 Å². The van der Waals surface area contributed by atoms with Gasteiger partial charge in [0.15, 0.2) is 5.58 Å². The summed E-state index contributed by atoms with van der Waals surface area (Å²) in [6.07, 6.45) is 0. The van der Waals surface area contributed by atoms with Gasteiger partial charge in [-0.05, 0) is 30.3 Å². The molecule has 0 atom stereocenters. The first-order chi connectivity index (χ1) is 8.65. The van der Waals surface area contributed by atoms with E-state index in [-0.39, 0.29) is 5.69 Å². The number of fused-ring (bicyclic) bond motifs is 1. The van der Waals surface area contributed by atoms with Crippen molar-refractivity contribution in [3.8, 4) is 11.5 Å². The minimum absolute atomic E-state index is 0.276. The van der Waals surface area contributed by atoms with Gasteiger partial charge in [-0.15, -0.1) is 0 Å². The lowest BCUT2D eigenvalue weighted by molar-refractivity contribution is 0.617. The van der Waals surface area contributed by atoms with Crippen LogP contribution in [0.1, 0.15) is 0 Å². The predicted octanol–water partition coefficient (Wildman–Crippen LogP) is 3.87. The molecule has 2 N–H and O–H groups in total. The Morgan fingerprint density at radius 3 is 2.78 bits per heavy atom. The molecule has 0 bridgehead atoms. The van der Waals surface area contributed by atoms with E-state index in [0.29, 0.717) is 27.6 Å². The minimum atomic E-state index is -0.398. The number of hydrogen-bond acceptors (Lipinski definition) is 3. The summed E-state index contributed by atoms with van der Waals surface area (Å²) < 4.78 is 18.5. The van der Waals surface area contributed by atoms with Gasteiger partial charge in [-0.1, -0.05) is 17.7 Å². The zero-order valence-electron chi connectivity index (χ0n) is 9.15. The van der Waals surface area contributed by atoms with E-state index in [1.807, 2.05) is 0 Å². The van der Waals surface area contributed by atoms with E-state index in [9.17, 15) is 4.39 Å². The fourth-order valence-corrected chi connectivity index (χ4v) is 1.97. The molecule has 0 aliphatic rings. The van der Waals surface area contributed by atoms with E-state index in [0.717, 1.165) is 0 Å². The van der Waals surface area contributed by atoms with Crippen molar-refractivity contribution in [1.82, 2.24) is 4.98 Å². The summed E-state index contributed by atoms with van der Waals surface area (Å²) in [5.74, 6) is -0.0685. The molecule has 0 unspecified atom stereocenters. The lowest BCUT2D eigenvalue weighted by Gasteiger charge is -2.00. The Morgan fingerprint density at radius 1 is 1.22 bits per heavy atom. The van der Waals surface area contributed by atoms with Crippen LogP contribution in [0.15, 0.2) is 40.8 Å². The van der Waals surface area contributed by atoms with E-state index in [2.05, 4.69) is 4.98 Å². The van der Waals surface area contributed by atoms with Gasteiger partial charge in [0, 0.05) is 5.69 Å². The Hall–Kier alpha value is -2.07. The molecule has 5 heteroatoms. The molecule has 1 heterocycles. The summed E-state index contributed by atoms with van der Waals surface area (Å²) in [6.45, 7) is 0. The molecule has 0 spiro atoms. The monoisotopic (exact) mass is 262 g/mol. The summed E-state index contributed by atoms with van der Waals surface area (Å²) in [4.78, 5) is 4.28. The molecule has 0 fully saturated rings. The molecule has 3 aromatic rings. The van der Waals surface area contributed by atoms with Crippen LogP contribution >= 0.6 is 11.6 Å². The van der Waals surface area contributed by atoms with Crippen molar-refractivity contribution in [2.24, 2.45) is 0 Å². The van der Waals surface area contributed by atoms with Gasteiger partial charge in [0.25, 0.3) is 0 Å². The molecule has 0 saturated heterocycles. The third-order valence-electron chi connectivity index (χ3n) is 2.61. The molecule has 1 aromatic heterocycles. The maximum Gasteiger partial charge on any atom is 0.229 e. The third-order valence-corrected chi connectivity index (χ3v) is 2.91. The molecule has 90 valence electrons. The maximum absolute atomic E-state index is 13.0. The number of nitrogen functional groups attached to an aromatic ring is 1. The Kier molecular flexibility index (Phi) is 2.45. The Bertz CT molecular complexity index is 739. The Balaban J connectivity index is 2.23. The molecule has 0 aliphatic heterocycles. The Labute approximate surface area is 107 Å². The molecular weight excluding hydrogens is 255 g/mol. The van der Waals surface area contributed by atoms with Gasteiger partial charge in [0.2, 0.25) is 5.89 Å². The van der Waals surface area contributed by atoms with Gasteiger partial charge in [0.05, 0.1) is 10.6 Å². The first-order valence-electron chi connectivity index (χ1n) is 5.25. The summed E-state index contributed by atoms with van der Waals surface area (Å²) in [5, 5.41) is 0.479. The first-order valence-corrected chi connectivity index (χ1v) is 5.63. The second-order valence-electron chi connectivity index (χ2n) is 3.84. The number of benzene rings is 2. The highest BCUT2D eigenvalue weighted by atomic mass is 35.5. The minimum Gasteiger partial charge on any atom is -0.434 e. The average Bonchev–Trinajstić information content (AvgIpc) is 2.74. The molecule has 0 saturated carbocycles. The SMILES string of the molecule is Nc1cc(F)ccc1-c1nc2cccc(Cl)c2o1. The van der Waals surface area contributed by atoms with Crippen molar-refractivity contribution < 1.29 is 8.81 Å². The highest BCUT2D eigenvalue weighted by Crippen LogP contribution is 2.31. The van der Waals surface area contributed by atoms with E-state index < -0.39 is 5.82 Å². The first kappa shape index (κ1) is 11.0. The van der Waals surface area contributed by atoms with Crippen LogP contribution in [0.25, 0.3) is 22.6 Å². The van der Waals surface area contributed by atoms with E-state index in [1.54, 1.807) is 18.2 Å². The van der Waals surface area contributed by atoms with Crippen molar-refractivity contribution in [1.29, 1.82) is 0 Å². The largest absolute Gasteiger partial charge is 0.434 e. The van der Waals surface area contributed by atoms with Crippen LogP contribution < -0.4 is 5.73 Å². The van der Waals surface area contributed by atoms with Gasteiger partial charge in [-0.2, -0.15) is 0 Å². The van der Waals surface area contributed by atoms with Crippen molar-refractivity contribution in [3.05, 3.63) is 47.2 Å². The average molecular weight is 263 g/mol. The van der Waals surface area contributed by atoms with Gasteiger partial charge >= 0.3 is 0 Å². The van der Waals surface area contributed by atoms with Crippen LogP contribution in [0.2, 0.25) is 5.02 Å². The molecule has 18 heavy (non-hydrogen) atoms. The number of oxazole rings is 1. The van der Waals surface area contributed by atoms with E-state index in [1.165, 1.54) is 18.2 Å². The normalized spacial score (nSPS) is 11.0. The van der Waals surface area contributed by atoms with Crippen LogP contribution in [0.5, 0.6) is 0 Å². The second kappa shape index (κ2) is 3.99. The highest BCUT2D eigenvalue weighted by molar-refractivity contribution is 6.34. The summed E-state index contributed by atoms with van der Waals surface area (Å²) in [6, 6.07) is 9.35. The standard InChI is InChI=1S/C13H8ClFN2O/c14-9-2-1-3-11-12(9)18-13(17-11)8-5-4-7(15)6-10(8)16/h1-6H,16H2. The molecule has 0 aliphatic carbocycles. The molecule has 3 nitrogen and oxygen atoms in total. The Morgan fingerprint density at radius 2 is 2.06 bits per heavy atom. The number of rotatable bonds is 1. The number of halogens is 2. The van der Waals surface area contributed by atoms with Crippen molar-refractivity contribution >= 4 is 28.4 Å². The van der Waals surface area contributed by atoms with Crippen LogP contribution in [0.3, 0.4) is 0 Å². The fraction of sp³-hybridized carbons (Fsp3) is 0. The third kappa shape index (κ3) is 1.71. The molecule has 0 radical (unpaired) electrons. The number of para-hydroxylation sites is 1. The smallest absolute Gasteiger partial charge is 0.229 e. The van der Waals surface area contributed by atoms with Crippen LogP contribution in [0.4, 0.5) is 10.1 Å². The molecule has 0 amide bonds. The van der Waals surface area contributed by atoms with Gasteiger partial charge in [-0.3, -0.25) is 0 Å². The predicted molar refractivity (Wildman–Crippen MR) is 68.8 cm³/mol. The summed E-state index contributed by atoms with van der Waals surface area (Å²) in [5.41, 5.74) is 7.70. The van der Waals surface area contributed by atoms with Crippen molar-refractivity contribution in [2.75, 3.05) is 5.73 Å². The number of nitrogens with two attached hydrogens (primary N) is 1.